The second kappa shape index (κ2) is 8.68. The summed E-state index contributed by atoms with van der Waals surface area (Å²) >= 11 is 1.52. The average Bonchev–Trinajstić information content (AvgIpc) is 2.73. The van der Waals surface area contributed by atoms with Crippen molar-refractivity contribution >= 4 is 23.6 Å². The van der Waals surface area contributed by atoms with Crippen molar-refractivity contribution in [3.8, 4) is 5.75 Å². The van der Waals surface area contributed by atoms with Crippen molar-refractivity contribution in [1.82, 2.24) is 10.6 Å². The van der Waals surface area contributed by atoms with Crippen LogP contribution in [-0.4, -0.2) is 37.3 Å². The maximum Gasteiger partial charge on any atom is 0.242 e. The molecule has 2 amide bonds. The summed E-state index contributed by atoms with van der Waals surface area (Å²) in [5.41, 5.74) is 1.06. The van der Waals surface area contributed by atoms with E-state index >= 15 is 0 Å². The van der Waals surface area contributed by atoms with Crippen LogP contribution < -0.4 is 15.4 Å². The van der Waals surface area contributed by atoms with Crippen LogP contribution in [-0.2, 0) is 15.3 Å². The number of thioether (sulfide) groups is 1. The summed E-state index contributed by atoms with van der Waals surface area (Å²) in [5, 5.41) is 5.64. The monoisotopic (exact) mass is 322 g/mol. The number of carbonyl (C=O) groups is 2. The van der Waals surface area contributed by atoms with Crippen LogP contribution >= 0.6 is 11.8 Å². The molecule has 6 heteroatoms. The predicted molar refractivity (Wildman–Crippen MR) is 87.9 cm³/mol. The lowest BCUT2D eigenvalue weighted by molar-refractivity contribution is -0.127. The number of methoxy groups -OCH3 is 1. The first-order valence-corrected chi connectivity index (χ1v) is 8.63. The number of carbonyl (C=O) groups excluding carboxylic acids is 2. The zero-order chi connectivity index (χ0) is 15.8. The molecule has 2 N–H and O–H groups in total. The molecular formula is C16H22N2O3S. The van der Waals surface area contributed by atoms with Crippen molar-refractivity contribution in [2.24, 2.45) is 0 Å². The first-order valence-electron chi connectivity index (χ1n) is 7.47. The molecule has 120 valence electrons. The van der Waals surface area contributed by atoms with Gasteiger partial charge in [-0.15, -0.1) is 11.8 Å². The normalized spacial score (nSPS) is 18.2. The van der Waals surface area contributed by atoms with E-state index in [2.05, 4.69) is 10.6 Å². The number of hydrogen-bond acceptors (Lipinski definition) is 4. The van der Waals surface area contributed by atoms with E-state index in [1.807, 2.05) is 24.3 Å². The Kier molecular flexibility index (Phi) is 6.58. The van der Waals surface area contributed by atoms with Crippen molar-refractivity contribution < 1.29 is 14.3 Å². The molecule has 1 atom stereocenters. The first-order chi connectivity index (χ1) is 10.7. The molecule has 1 aliphatic heterocycles. The molecule has 0 saturated carbocycles. The van der Waals surface area contributed by atoms with E-state index in [0.717, 1.165) is 30.6 Å². The minimum atomic E-state index is -0.387. The fraction of sp³-hybridized carbons (Fsp3) is 0.500. The van der Waals surface area contributed by atoms with E-state index in [1.54, 1.807) is 7.11 Å². The highest BCUT2D eigenvalue weighted by Crippen LogP contribution is 2.22. The van der Waals surface area contributed by atoms with Crippen LogP contribution in [0.15, 0.2) is 24.3 Å². The first kappa shape index (κ1) is 16.7. The third kappa shape index (κ3) is 4.94. The van der Waals surface area contributed by atoms with Crippen molar-refractivity contribution in [1.29, 1.82) is 0 Å². The van der Waals surface area contributed by atoms with E-state index in [1.165, 1.54) is 11.8 Å². The lowest BCUT2D eigenvalue weighted by Gasteiger charge is -2.15. The van der Waals surface area contributed by atoms with Gasteiger partial charge in [-0.1, -0.05) is 18.2 Å². The molecule has 0 bridgehead atoms. The van der Waals surface area contributed by atoms with Crippen molar-refractivity contribution in [2.75, 3.05) is 19.4 Å². The van der Waals surface area contributed by atoms with Crippen LogP contribution in [0.25, 0.3) is 0 Å². The third-order valence-electron chi connectivity index (χ3n) is 3.55. The Bertz CT molecular complexity index is 522. The van der Waals surface area contributed by atoms with Gasteiger partial charge in [0.05, 0.1) is 12.9 Å². The zero-order valence-electron chi connectivity index (χ0n) is 12.8. The minimum absolute atomic E-state index is 0.0689. The Morgan fingerprint density at radius 3 is 3.05 bits per heavy atom. The highest BCUT2D eigenvalue weighted by molar-refractivity contribution is 7.99. The molecule has 1 aliphatic rings. The molecular weight excluding hydrogens is 300 g/mol. The highest BCUT2D eigenvalue weighted by Gasteiger charge is 2.22. The van der Waals surface area contributed by atoms with Gasteiger partial charge in [0.1, 0.15) is 11.8 Å². The molecule has 1 heterocycles. The van der Waals surface area contributed by atoms with E-state index in [4.69, 9.17) is 4.74 Å². The van der Waals surface area contributed by atoms with Crippen LogP contribution in [0.1, 0.15) is 24.8 Å². The van der Waals surface area contributed by atoms with Gasteiger partial charge in [-0.3, -0.25) is 9.59 Å². The lowest BCUT2D eigenvalue weighted by Crippen LogP contribution is -2.46. The van der Waals surface area contributed by atoms with Gasteiger partial charge in [-0.2, -0.15) is 0 Å². The molecule has 1 aromatic rings. The fourth-order valence-corrected chi connectivity index (χ4v) is 3.22. The third-order valence-corrected chi connectivity index (χ3v) is 4.54. The van der Waals surface area contributed by atoms with E-state index in [9.17, 15) is 9.59 Å². The number of nitrogens with one attached hydrogen (secondary N) is 2. The second-order valence-electron chi connectivity index (χ2n) is 5.21. The maximum atomic E-state index is 12.0. The van der Waals surface area contributed by atoms with Crippen LogP contribution in [0, 0.1) is 0 Å². The summed E-state index contributed by atoms with van der Waals surface area (Å²) < 4.78 is 5.29. The van der Waals surface area contributed by atoms with Crippen LogP contribution in [0.4, 0.5) is 0 Å². The zero-order valence-corrected chi connectivity index (χ0v) is 13.6. The van der Waals surface area contributed by atoms with Gasteiger partial charge in [0.2, 0.25) is 11.8 Å². The summed E-state index contributed by atoms with van der Waals surface area (Å²) in [7, 11) is 1.64. The molecule has 5 nitrogen and oxygen atoms in total. The van der Waals surface area contributed by atoms with E-state index < -0.39 is 0 Å². The molecule has 22 heavy (non-hydrogen) atoms. The van der Waals surface area contributed by atoms with Crippen LogP contribution in [0.5, 0.6) is 5.75 Å². The Labute approximate surface area is 135 Å². The molecule has 0 unspecified atom stereocenters. The largest absolute Gasteiger partial charge is 0.496 e. The van der Waals surface area contributed by atoms with Crippen molar-refractivity contribution in [2.45, 2.75) is 31.1 Å². The standard InChI is InChI=1S/C16H22N2O3S/c1-21-14-8-3-2-6-12(14)10-22-11-15(19)18-13-7-4-5-9-17-16(13)20/h2-3,6,8,13H,4-5,7,9-11H2,1H3,(H,17,20)(H,18,19)/t13-/m1/s1. The summed E-state index contributed by atoms with van der Waals surface area (Å²) in [4.78, 5) is 23.7. The van der Waals surface area contributed by atoms with Crippen molar-refractivity contribution in [3.05, 3.63) is 29.8 Å². The Morgan fingerprint density at radius 2 is 2.23 bits per heavy atom. The summed E-state index contributed by atoms with van der Waals surface area (Å²) in [5.74, 6) is 1.71. The van der Waals surface area contributed by atoms with Crippen LogP contribution in [0.3, 0.4) is 0 Å². The number of ether oxygens (including phenoxy) is 1. The van der Waals surface area contributed by atoms with Gasteiger partial charge >= 0.3 is 0 Å². The maximum absolute atomic E-state index is 12.0. The predicted octanol–water partition coefficient (Wildman–Crippen LogP) is 1.71. The highest BCUT2D eigenvalue weighted by atomic mass is 32.2. The molecule has 0 aliphatic carbocycles. The fourth-order valence-electron chi connectivity index (χ4n) is 2.39. The SMILES string of the molecule is COc1ccccc1CSCC(=O)N[C@@H]1CCCCNC1=O. The van der Waals surface area contributed by atoms with Gasteiger partial charge in [0.15, 0.2) is 0 Å². The van der Waals surface area contributed by atoms with Crippen molar-refractivity contribution in [3.63, 3.8) is 0 Å². The number of benzene rings is 1. The summed E-state index contributed by atoms with van der Waals surface area (Å²) in [6.07, 6.45) is 2.65. The Balaban J connectivity index is 1.76. The van der Waals surface area contributed by atoms with E-state index in [-0.39, 0.29) is 17.9 Å². The summed E-state index contributed by atoms with van der Waals surface area (Å²) in [6.45, 7) is 0.702. The molecule has 0 radical (unpaired) electrons. The average molecular weight is 322 g/mol. The number of para-hydroxylation sites is 1. The van der Waals surface area contributed by atoms with Crippen LogP contribution in [0.2, 0.25) is 0 Å². The molecule has 1 aromatic carbocycles. The smallest absolute Gasteiger partial charge is 0.242 e. The minimum Gasteiger partial charge on any atom is -0.496 e. The van der Waals surface area contributed by atoms with Gasteiger partial charge in [-0.25, -0.2) is 0 Å². The van der Waals surface area contributed by atoms with Gasteiger partial charge in [0.25, 0.3) is 0 Å². The number of rotatable bonds is 6. The number of amides is 2. The topological polar surface area (TPSA) is 67.4 Å². The quantitative estimate of drug-likeness (QED) is 0.837. The lowest BCUT2D eigenvalue weighted by atomic mass is 10.1. The van der Waals surface area contributed by atoms with Gasteiger partial charge in [0, 0.05) is 17.9 Å². The second-order valence-corrected chi connectivity index (χ2v) is 6.20. The molecule has 2 rings (SSSR count). The Morgan fingerprint density at radius 1 is 1.41 bits per heavy atom. The van der Waals surface area contributed by atoms with E-state index in [0.29, 0.717) is 18.1 Å². The van der Waals surface area contributed by atoms with Gasteiger partial charge < -0.3 is 15.4 Å². The molecule has 0 spiro atoms. The molecule has 0 aromatic heterocycles. The number of hydrogen-bond donors (Lipinski definition) is 2. The summed E-state index contributed by atoms with van der Waals surface area (Å²) in [6, 6.07) is 7.38. The molecule has 1 saturated heterocycles. The van der Waals surface area contributed by atoms with Gasteiger partial charge in [-0.05, 0) is 25.3 Å². The Hall–Kier alpha value is -1.69. The molecule has 1 fully saturated rings.